The summed E-state index contributed by atoms with van der Waals surface area (Å²) in [5.74, 6) is -0.672. The zero-order valence-corrected chi connectivity index (χ0v) is 23.0. The van der Waals surface area contributed by atoms with E-state index in [0.717, 1.165) is 12.1 Å². The SMILES string of the molecule is CCC(C(=O)NC)N(Cc1ccc(OC)cc1)C(=O)CN(c1cccc(C(F)(F)F)c1)S(=O)(=O)c1ccccc1. The van der Waals surface area contributed by atoms with Gasteiger partial charge in [0.15, 0.2) is 0 Å². The number of hydrogen-bond donors (Lipinski definition) is 1. The maximum atomic E-state index is 13.8. The molecule has 0 saturated carbocycles. The lowest BCUT2D eigenvalue weighted by molar-refractivity contribution is -0.140. The number of carbonyl (C=O) groups is 2. The number of nitrogens with one attached hydrogen (secondary N) is 1. The highest BCUT2D eigenvalue weighted by atomic mass is 32.2. The van der Waals surface area contributed by atoms with Crippen LogP contribution < -0.4 is 14.4 Å². The van der Waals surface area contributed by atoms with E-state index < -0.39 is 46.2 Å². The van der Waals surface area contributed by atoms with Gasteiger partial charge in [0.25, 0.3) is 10.0 Å². The van der Waals surface area contributed by atoms with Crippen LogP contribution in [-0.2, 0) is 32.3 Å². The molecule has 0 radical (unpaired) electrons. The normalized spacial score (nSPS) is 12.3. The lowest BCUT2D eigenvalue weighted by Gasteiger charge is -2.33. The van der Waals surface area contributed by atoms with E-state index in [1.807, 2.05) is 0 Å². The molecule has 214 valence electrons. The smallest absolute Gasteiger partial charge is 0.416 e. The van der Waals surface area contributed by atoms with Crippen molar-refractivity contribution in [2.45, 2.75) is 37.0 Å². The highest BCUT2D eigenvalue weighted by Gasteiger charge is 2.35. The van der Waals surface area contributed by atoms with Gasteiger partial charge in [-0.1, -0.05) is 43.3 Å². The maximum absolute atomic E-state index is 13.8. The summed E-state index contributed by atoms with van der Waals surface area (Å²) >= 11 is 0. The molecule has 0 aliphatic carbocycles. The van der Waals surface area contributed by atoms with Crippen molar-refractivity contribution in [2.75, 3.05) is 25.0 Å². The van der Waals surface area contributed by atoms with Crippen molar-refractivity contribution in [1.82, 2.24) is 10.2 Å². The summed E-state index contributed by atoms with van der Waals surface area (Å²) in [6.07, 6.45) is -4.54. The van der Waals surface area contributed by atoms with E-state index in [9.17, 15) is 31.2 Å². The summed E-state index contributed by atoms with van der Waals surface area (Å²) < 4.78 is 73.7. The van der Waals surface area contributed by atoms with Crippen molar-refractivity contribution >= 4 is 27.5 Å². The van der Waals surface area contributed by atoms with Gasteiger partial charge in [-0.3, -0.25) is 13.9 Å². The van der Waals surface area contributed by atoms with Crippen LogP contribution in [0, 0.1) is 0 Å². The number of alkyl halides is 3. The van der Waals surface area contributed by atoms with Crippen LogP contribution in [0.4, 0.5) is 18.9 Å². The third-order valence-corrected chi connectivity index (χ3v) is 8.00. The van der Waals surface area contributed by atoms with Gasteiger partial charge in [-0.05, 0) is 54.4 Å². The molecule has 0 spiro atoms. The molecule has 1 atom stereocenters. The molecule has 0 aromatic heterocycles. The molecule has 1 N–H and O–H groups in total. The summed E-state index contributed by atoms with van der Waals surface area (Å²) in [7, 11) is -1.57. The molecule has 8 nitrogen and oxygen atoms in total. The molecule has 3 rings (SSSR count). The van der Waals surface area contributed by atoms with Crippen molar-refractivity contribution in [3.63, 3.8) is 0 Å². The number of sulfonamides is 1. The fourth-order valence-electron chi connectivity index (χ4n) is 4.10. The van der Waals surface area contributed by atoms with Gasteiger partial charge in [-0.15, -0.1) is 0 Å². The van der Waals surface area contributed by atoms with Crippen molar-refractivity contribution in [1.29, 1.82) is 0 Å². The van der Waals surface area contributed by atoms with Gasteiger partial charge in [0.2, 0.25) is 11.8 Å². The van der Waals surface area contributed by atoms with Crippen LogP contribution in [0.2, 0.25) is 0 Å². The van der Waals surface area contributed by atoms with E-state index in [2.05, 4.69) is 5.32 Å². The lowest BCUT2D eigenvalue weighted by atomic mass is 10.1. The lowest BCUT2D eigenvalue weighted by Crippen LogP contribution is -2.51. The fourth-order valence-corrected chi connectivity index (χ4v) is 5.53. The Balaban J connectivity index is 2.09. The maximum Gasteiger partial charge on any atom is 0.416 e. The molecular weight excluding hydrogens is 547 g/mol. The van der Waals surface area contributed by atoms with Gasteiger partial charge in [0.05, 0.1) is 23.3 Å². The number of halogens is 3. The Morgan fingerprint density at radius 3 is 2.17 bits per heavy atom. The first-order valence-electron chi connectivity index (χ1n) is 12.3. The minimum Gasteiger partial charge on any atom is -0.497 e. The van der Waals surface area contributed by atoms with E-state index in [4.69, 9.17) is 4.74 Å². The standard InChI is InChI=1S/C28H30F3N3O5S/c1-4-25(27(36)32-2)33(18-20-13-15-23(39-3)16-14-20)26(35)19-34(40(37,38)24-11-6-5-7-12-24)22-10-8-9-21(17-22)28(29,30)31/h5-17,25H,4,18-19H2,1-3H3,(H,32,36). The molecule has 1 unspecified atom stereocenters. The molecule has 0 aliphatic rings. The Morgan fingerprint density at radius 1 is 0.975 bits per heavy atom. The number of amides is 2. The Morgan fingerprint density at radius 2 is 1.62 bits per heavy atom. The van der Waals surface area contributed by atoms with Crippen LogP contribution in [0.1, 0.15) is 24.5 Å². The average Bonchev–Trinajstić information content (AvgIpc) is 2.95. The van der Waals surface area contributed by atoms with Crippen molar-refractivity contribution < 1.29 is 35.9 Å². The Hall–Kier alpha value is -4.06. The van der Waals surface area contributed by atoms with E-state index >= 15 is 0 Å². The third kappa shape index (κ3) is 7.12. The monoisotopic (exact) mass is 577 g/mol. The van der Waals surface area contributed by atoms with Crippen LogP contribution in [0.25, 0.3) is 0 Å². The third-order valence-electron chi connectivity index (χ3n) is 6.22. The quantitative estimate of drug-likeness (QED) is 0.363. The van der Waals surface area contributed by atoms with Gasteiger partial charge in [0, 0.05) is 13.6 Å². The number of anilines is 1. The molecular formula is C28H30F3N3O5S. The van der Waals surface area contributed by atoms with E-state index in [-0.39, 0.29) is 23.5 Å². The van der Waals surface area contributed by atoms with E-state index in [0.29, 0.717) is 21.7 Å². The topological polar surface area (TPSA) is 96.0 Å². The largest absolute Gasteiger partial charge is 0.497 e. The highest BCUT2D eigenvalue weighted by Crippen LogP contribution is 2.33. The van der Waals surface area contributed by atoms with Gasteiger partial charge < -0.3 is 15.0 Å². The van der Waals surface area contributed by atoms with Crippen LogP contribution in [0.5, 0.6) is 5.75 Å². The molecule has 0 fully saturated rings. The van der Waals surface area contributed by atoms with E-state index in [1.54, 1.807) is 37.3 Å². The molecule has 3 aromatic carbocycles. The number of carbonyl (C=O) groups excluding carboxylic acids is 2. The van der Waals surface area contributed by atoms with Crippen LogP contribution in [0.15, 0.2) is 83.8 Å². The zero-order valence-electron chi connectivity index (χ0n) is 22.2. The van der Waals surface area contributed by atoms with E-state index in [1.165, 1.54) is 49.4 Å². The molecule has 40 heavy (non-hydrogen) atoms. The number of benzene rings is 3. The predicted octanol–water partition coefficient (Wildman–Crippen LogP) is 4.46. The first-order chi connectivity index (χ1) is 18.9. The van der Waals surface area contributed by atoms with Gasteiger partial charge >= 0.3 is 6.18 Å². The molecule has 2 amide bonds. The predicted molar refractivity (Wildman–Crippen MR) is 144 cm³/mol. The summed E-state index contributed by atoms with van der Waals surface area (Å²) in [5, 5.41) is 2.51. The molecule has 3 aromatic rings. The second-order valence-corrected chi connectivity index (χ2v) is 10.6. The first kappa shape index (κ1) is 30.5. The first-order valence-corrected chi connectivity index (χ1v) is 13.8. The van der Waals surface area contributed by atoms with Gasteiger partial charge in [0.1, 0.15) is 18.3 Å². The minimum absolute atomic E-state index is 0.0590. The van der Waals surface area contributed by atoms with Crippen molar-refractivity contribution in [3.8, 4) is 5.75 Å². The summed E-state index contributed by atoms with van der Waals surface area (Å²) in [5.41, 5.74) is -0.782. The molecule has 12 heteroatoms. The second-order valence-electron chi connectivity index (χ2n) is 8.78. The number of methoxy groups -OCH3 is 1. The molecule has 0 bridgehead atoms. The average molecular weight is 578 g/mol. The minimum atomic E-state index is -4.74. The van der Waals surface area contributed by atoms with Crippen LogP contribution in [0.3, 0.4) is 0 Å². The molecule has 0 aliphatic heterocycles. The summed E-state index contributed by atoms with van der Waals surface area (Å²) in [6.45, 7) is 0.790. The molecule has 0 heterocycles. The fraction of sp³-hybridized carbons (Fsp3) is 0.286. The zero-order chi connectivity index (χ0) is 29.5. The van der Waals surface area contributed by atoms with Crippen molar-refractivity contribution in [3.05, 3.63) is 90.0 Å². The number of ether oxygens (including phenoxy) is 1. The number of nitrogens with zero attached hydrogens (tertiary/aromatic N) is 2. The number of likely N-dealkylation sites (N-methyl/N-ethyl adjacent to an activating group) is 1. The molecule has 0 saturated heterocycles. The van der Waals surface area contributed by atoms with Crippen LogP contribution in [-0.4, -0.2) is 51.9 Å². The van der Waals surface area contributed by atoms with Crippen molar-refractivity contribution in [2.24, 2.45) is 0 Å². The summed E-state index contributed by atoms with van der Waals surface area (Å²) in [4.78, 5) is 27.6. The Labute approximate surface area is 231 Å². The Bertz CT molecular complexity index is 1420. The number of rotatable bonds is 11. The highest BCUT2D eigenvalue weighted by molar-refractivity contribution is 7.92. The second kappa shape index (κ2) is 12.9. The summed E-state index contributed by atoms with van der Waals surface area (Å²) in [6, 6.07) is 16.6. The number of hydrogen-bond acceptors (Lipinski definition) is 5. The van der Waals surface area contributed by atoms with Crippen LogP contribution >= 0.6 is 0 Å². The van der Waals surface area contributed by atoms with Gasteiger partial charge in [-0.2, -0.15) is 13.2 Å². The van der Waals surface area contributed by atoms with Gasteiger partial charge in [-0.25, -0.2) is 8.42 Å². The Kier molecular flexibility index (Phi) is 9.80.